The first-order valence-electron chi connectivity index (χ1n) is 17.1. The first-order valence-corrected chi connectivity index (χ1v) is 17.1. The van der Waals surface area contributed by atoms with Gasteiger partial charge in [-0.15, -0.1) is 0 Å². The molecule has 13 nitrogen and oxygen atoms in total. The first-order chi connectivity index (χ1) is 22.1. The summed E-state index contributed by atoms with van der Waals surface area (Å²) in [5, 5.41) is 62.5. The first kappa shape index (κ1) is 35.2. The van der Waals surface area contributed by atoms with Gasteiger partial charge in [-0.2, -0.15) is 0 Å². The summed E-state index contributed by atoms with van der Waals surface area (Å²) in [4.78, 5) is 25.8. The molecule has 47 heavy (non-hydrogen) atoms. The Morgan fingerprint density at radius 3 is 2.28 bits per heavy atom. The van der Waals surface area contributed by atoms with E-state index in [-0.39, 0.29) is 28.6 Å². The van der Waals surface area contributed by atoms with Crippen LogP contribution in [0.15, 0.2) is 12.2 Å². The van der Waals surface area contributed by atoms with Crippen LogP contribution in [-0.2, 0) is 33.3 Å². The number of fused-ring (bicyclic) bond motifs is 3. The number of carbonyl (C=O) groups excluding carboxylic acids is 2. The van der Waals surface area contributed by atoms with Crippen LogP contribution >= 0.6 is 0 Å². The van der Waals surface area contributed by atoms with Crippen molar-refractivity contribution in [3.63, 3.8) is 0 Å². The van der Waals surface area contributed by atoms with Crippen LogP contribution in [0.2, 0.25) is 0 Å². The van der Waals surface area contributed by atoms with Gasteiger partial charge >= 0.3 is 11.9 Å². The molecule has 0 aromatic heterocycles. The van der Waals surface area contributed by atoms with Gasteiger partial charge in [0.15, 0.2) is 12.4 Å². The Hall–Kier alpha value is -1.68. The van der Waals surface area contributed by atoms with Crippen molar-refractivity contribution >= 4 is 11.9 Å². The molecular weight excluding hydrogens is 616 g/mol. The Kier molecular flexibility index (Phi) is 9.41. The van der Waals surface area contributed by atoms with E-state index in [1.165, 1.54) is 6.92 Å². The van der Waals surface area contributed by atoms with Gasteiger partial charge in [0, 0.05) is 12.3 Å². The molecule has 6 N–H and O–H groups in total. The standard InChI is InChI=1S/C34H52O13/c1-15-18-7-8-21-32(4)10-6-11-33(5,31(42)47-29-25(40)24(39)23(38)19(14-35)45-29)20(32)9-12-34(21,13-18)28(15)46-30-26(41)27(44-17(3)36)22(37)16(2)43-30/h16,18-30,35,37-41H,1,6-14H2,2-5H3/t16-,18+,19+,20-,21-,22+,23+,24-,25+,26-,27+,28+,29-,30+,32+,33+,34+/m0/s1. The fourth-order valence-electron chi connectivity index (χ4n) is 10.8. The van der Waals surface area contributed by atoms with Crippen molar-refractivity contribution < 1.29 is 63.9 Å². The zero-order valence-corrected chi connectivity index (χ0v) is 27.7. The summed E-state index contributed by atoms with van der Waals surface area (Å²) in [6.45, 7) is 10.9. The van der Waals surface area contributed by atoms with E-state index in [0.29, 0.717) is 12.8 Å². The molecule has 6 fully saturated rings. The average Bonchev–Trinajstić information content (AvgIpc) is 3.21. The maximum absolute atomic E-state index is 14.1. The van der Waals surface area contributed by atoms with Crippen molar-refractivity contribution in [2.75, 3.05) is 6.61 Å². The van der Waals surface area contributed by atoms with E-state index in [0.717, 1.165) is 44.1 Å². The topological polar surface area (TPSA) is 202 Å². The van der Waals surface area contributed by atoms with Gasteiger partial charge in [-0.3, -0.25) is 9.59 Å². The average molecular weight is 669 g/mol. The van der Waals surface area contributed by atoms with E-state index in [9.17, 15) is 40.2 Å². The third-order valence-electron chi connectivity index (χ3n) is 13.1. The van der Waals surface area contributed by atoms with Crippen molar-refractivity contribution in [3.8, 4) is 0 Å². The number of esters is 2. The Labute approximate surface area is 275 Å². The van der Waals surface area contributed by atoms with Crippen molar-refractivity contribution in [1.29, 1.82) is 0 Å². The van der Waals surface area contributed by atoms with Crippen LogP contribution in [0.1, 0.15) is 79.1 Å². The van der Waals surface area contributed by atoms with Crippen molar-refractivity contribution in [2.45, 2.75) is 147 Å². The Balaban J connectivity index is 1.25. The molecule has 6 rings (SSSR count). The quantitative estimate of drug-likeness (QED) is 0.171. The second-order valence-corrected chi connectivity index (χ2v) is 15.6. The highest BCUT2D eigenvalue weighted by Crippen LogP contribution is 2.73. The number of hydrogen-bond donors (Lipinski definition) is 6. The number of aliphatic hydroxyl groups excluding tert-OH is 6. The van der Waals surface area contributed by atoms with Gasteiger partial charge in [0.2, 0.25) is 6.29 Å². The zero-order valence-electron chi connectivity index (χ0n) is 27.7. The number of carbonyl (C=O) groups is 2. The van der Waals surface area contributed by atoms with Crippen LogP contribution in [0.4, 0.5) is 0 Å². The third kappa shape index (κ3) is 5.48. The molecule has 2 bridgehead atoms. The lowest BCUT2D eigenvalue weighted by molar-refractivity contribution is -0.316. The SMILES string of the molecule is C=C1[C@@H]2CC[C@H]3[C@]4(C)CCC[C@@](C)(C(=O)O[C@@H]5O[C@H](CO)[C@@H](O)[C@H](O)[C@H]5O)[C@H]4CC[C@]3(C2)[C@@H]1O[C@H]1O[C@@H](C)[C@@H](O)[C@@H](OC(C)=O)[C@@H]1O. The summed E-state index contributed by atoms with van der Waals surface area (Å²) in [6.07, 6.45) is -7.46. The Bertz CT molecular complexity index is 1230. The van der Waals surface area contributed by atoms with Crippen LogP contribution in [-0.4, -0.2) is 117 Å². The summed E-state index contributed by atoms with van der Waals surface area (Å²) in [5.41, 5.74) is -0.605. The van der Waals surface area contributed by atoms with Gasteiger partial charge in [0.05, 0.1) is 24.2 Å². The van der Waals surface area contributed by atoms with E-state index in [2.05, 4.69) is 13.5 Å². The van der Waals surface area contributed by atoms with Crippen LogP contribution in [0.25, 0.3) is 0 Å². The highest BCUT2D eigenvalue weighted by molar-refractivity contribution is 5.77. The molecule has 2 heterocycles. The zero-order chi connectivity index (χ0) is 34.2. The molecule has 0 amide bonds. The second-order valence-electron chi connectivity index (χ2n) is 15.6. The highest BCUT2D eigenvalue weighted by atomic mass is 16.7. The minimum Gasteiger partial charge on any atom is -0.457 e. The number of rotatable bonds is 6. The number of aliphatic hydroxyl groups is 6. The molecular formula is C34H52O13. The molecule has 0 aromatic carbocycles. The maximum atomic E-state index is 14.1. The van der Waals surface area contributed by atoms with E-state index in [1.807, 2.05) is 6.92 Å². The van der Waals surface area contributed by atoms with Gasteiger partial charge in [-0.1, -0.05) is 19.9 Å². The van der Waals surface area contributed by atoms with Gasteiger partial charge in [-0.25, -0.2) is 0 Å². The Morgan fingerprint density at radius 2 is 1.60 bits per heavy atom. The fraction of sp³-hybridized carbons (Fsp3) is 0.882. The molecule has 13 heteroatoms. The highest BCUT2D eigenvalue weighted by Gasteiger charge is 2.69. The van der Waals surface area contributed by atoms with Crippen molar-refractivity contribution in [1.82, 2.24) is 0 Å². The summed E-state index contributed by atoms with van der Waals surface area (Å²) in [7, 11) is 0. The fourth-order valence-corrected chi connectivity index (χ4v) is 10.8. The van der Waals surface area contributed by atoms with Gasteiger partial charge < -0.3 is 54.3 Å². The number of hydrogen-bond acceptors (Lipinski definition) is 13. The van der Waals surface area contributed by atoms with Gasteiger partial charge in [0.25, 0.3) is 0 Å². The minimum atomic E-state index is -1.68. The van der Waals surface area contributed by atoms with Gasteiger partial charge in [-0.05, 0) is 87.5 Å². The summed E-state index contributed by atoms with van der Waals surface area (Å²) in [5.74, 6) is -0.883. The third-order valence-corrected chi connectivity index (χ3v) is 13.1. The van der Waals surface area contributed by atoms with Crippen LogP contribution in [0.3, 0.4) is 0 Å². The molecule has 1 spiro atoms. The smallest absolute Gasteiger partial charge is 0.314 e. The predicted octanol–water partition coefficient (Wildman–Crippen LogP) is 0.692. The van der Waals surface area contributed by atoms with E-state index in [1.54, 1.807) is 6.92 Å². The monoisotopic (exact) mass is 668 g/mol. The molecule has 6 aliphatic rings. The molecule has 2 aliphatic heterocycles. The summed E-state index contributed by atoms with van der Waals surface area (Å²) in [6, 6.07) is 0. The Morgan fingerprint density at radius 1 is 0.872 bits per heavy atom. The summed E-state index contributed by atoms with van der Waals surface area (Å²) >= 11 is 0. The largest absolute Gasteiger partial charge is 0.457 e. The molecule has 0 unspecified atom stereocenters. The predicted molar refractivity (Wildman–Crippen MR) is 162 cm³/mol. The summed E-state index contributed by atoms with van der Waals surface area (Å²) < 4.78 is 29.2. The molecule has 4 saturated carbocycles. The molecule has 17 atom stereocenters. The normalized spacial score (nSPS) is 52.7. The van der Waals surface area contributed by atoms with Crippen molar-refractivity contribution in [3.05, 3.63) is 12.2 Å². The lowest BCUT2D eigenvalue weighted by atomic mass is 9.40. The second kappa shape index (κ2) is 12.6. The lowest BCUT2D eigenvalue weighted by Crippen LogP contribution is -2.63. The minimum absolute atomic E-state index is 0.0807. The molecule has 2 saturated heterocycles. The molecule has 0 radical (unpaired) electrons. The maximum Gasteiger partial charge on any atom is 0.314 e. The number of ether oxygens (including phenoxy) is 5. The van der Waals surface area contributed by atoms with E-state index < -0.39 is 91.5 Å². The van der Waals surface area contributed by atoms with Gasteiger partial charge in [0.1, 0.15) is 36.6 Å². The van der Waals surface area contributed by atoms with E-state index in [4.69, 9.17) is 23.7 Å². The van der Waals surface area contributed by atoms with Crippen LogP contribution in [0.5, 0.6) is 0 Å². The van der Waals surface area contributed by atoms with Crippen LogP contribution < -0.4 is 0 Å². The van der Waals surface area contributed by atoms with Crippen LogP contribution in [0, 0.1) is 34.0 Å². The van der Waals surface area contributed by atoms with E-state index >= 15 is 0 Å². The lowest BCUT2D eigenvalue weighted by Gasteiger charge is -2.64. The molecule has 266 valence electrons. The molecule has 0 aromatic rings. The van der Waals surface area contributed by atoms with Crippen molar-refractivity contribution in [2.24, 2.45) is 34.0 Å². The molecule has 4 aliphatic carbocycles.